The van der Waals surface area contributed by atoms with E-state index in [9.17, 15) is 23.1 Å². The molecule has 0 unspecified atom stereocenters. The number of benzene rings is 2. The number of nitrogens with zero attached hydrogens (tertiary/aromatic N) is 2. The van der Waals surface area contributed by atoms with E-state index >= 15 is 0 Å². The lowest BCUT2D eigenvalue weighted by molar-refractivity contribution is -0.137. The van der Waals surface area contributed by atoms with Crippen LogP contribution in [0.15, 0.2) is 36.4 Å². The van der Waals surface area contributed by atoms with E-state index in [0.717, 1.165) is 87.4 Å². The van der Waals surface area contributed by atoms with Crippen LogP contribution in [0.5, 0.6) is 5.75 Å². The van der Waals surface area contributed by atoms with Crippen LogP contribution in [0.25, 0.3) is 10.6 Å². The molecule has 2 N–H and O–H groups in total. The van der Waals surface area contributed by atoms with Crippen molar-refractivity contribution in [1.29, 1.82) is 0 Å². The minimum atomic E-state index is -4.42. The van der Waals surface area contributed by atoms with Crippen molar-refractivity contribution in [3.8, 4) is 16.3 Å². The highest BCUT2D eigenvalue weighted by atomic mass is 32.1. The number of methoxy groups -OCH3 is 1. The average Bonchev–Trinajstić information content (AvgIpc) is 3.45. The summed E-state index contributed by atoms with van der Waals surface area (Å²) >= 11 is 1.07. The zero-order valence-electron chi connectivity index (χ0n) is 23.9. The Labute approximate surface area is 248 Å². The number of carbonyl (C=O) groups excluding carboxylic acids is 1. The van der Waals surface area contributed by atoms with Crippen LogP contribution < -0.4 is 10.1 Å². The summed E-state index contributed by atoms with van der Waals surface area (Å²) in [4.78, 5) is 19.9. The Hall–Kier alpha value is -2.95. The van der Waals surface area contributed by atoms with Gasteiger partial charge in [-0.15, -0.1) is 11.3 Å². The van der Waals surface area contributed by atoms with Gasteiger partial charge in [-0.25, -0.2) is 4.98 Å². The van der Waals surface area contributed by atoms with E-state index < -0.39 is 18.3 Å². The summed E-state index contributed by atoms with van der Waals surface area (Å²) in [5, 5.41) is 13.0. The second-order valence-electron chi connectivity index (χ2n) is 11.1. The number of nitrogens with one attached hydrogen (secondary N) is 1. The molecule has 1 amide bonds. The molecule has 1 aliphatic carbocycles. The average molecular weight is 602 g/mol. The summed E-state index contributed by atoms with van der Waals surface area (Å²) in [5.41, 5.74) is 4.19. The molecule has 3 aromatic rings. The first-order valence-corrected chi connectivity index (χ1v) is 15.6. The Kier molecular flexibility index (Phi) is 9.85. The van der Waals surface area contributed by atoms with Crippen molar-refractivity contribution < 1.29 is 27.8 Å². The van der Waals surface area contributed by atoms with Crippen molar-refractivity contribution in [2.45, 2.75) is 70.1 Å². The van der Waals surface area contributed by atoms with E-state index in [0.29, 0.717) is 23.0 Å². The van der Waals surface area contributed by atoms with Crippen molar-refractivity contribution in [2.75, 3.05) is 33.3 Å². The molecule has 226 valence electrons. The van der Waals surface area contributed by atoms with Gasteiger partial charge >= 0.3 is 6.18 Å². The molecule has 42 heavy (non-hydrogen) atoms. The molecule has 2 aromatic carbocycles. The summed E-state index contributed by atoms with van der Waals surface area (Å²) < 4.78 is 44.5. The third kappa shape index (κ3) is 6.98. The molecule has 2 heterocycles. The molecule has 0 spiro atoms. The second-order valence-corrected chi connectivity index (χ2v) is 12.1. The molecule has 10 heteroatoms. The lowest BCUT2D eigenvalue weighted by Crippen LogP contribution is -2.34. The van der Waals surface area contributed by atoms with Gasteiger partial charge in [0.1, 0.15) is 15.6 Å². The number of aromatic nitrogens is 1. The maximum Gasteiger partial charge on any atom is 0.416 e. The fraction of sp³-hybridized carbons (Fsp3) is 0.500. The van der Waals surface area contributed by atoms with Crippen molar-refractivity contribution in [2.24, 2.45) is 0 Å². The van der Waals surface area contributed by atoms with Gasteiger partial charge in [0.25, 0.3) is 5.91 Å². The number of halogens is 3. The van der Waals surface area contributed by atoms with Crippen LogP contribution in [0.4, 0.5) is 13.2 Å². The molecule has 0 bridgehead atoms. The Morgan fingerprint density at radius 3 is 2.52 bits per heavy atom. The van der Waals surface area contributed by atoms with Gasteiger partial charge in [-0.2, -0.15) is 13.2 Å². The highest BCUT2D eigenvalue weighted by molar-refractivity contribution is 7.17. The van der Waals surface area contributed by atoms with Crippen LogP contribution in [0.1, 0.15) is 82.1 Å². The molecule has 1 fully saturated rings. The Bertz CT molecular complexity index is 1370. The Morgan fingerprint density at radius 2 is 1.83 bits per heavy atom. The van der Waals surface area contributed by atoms with Crippen LogP contribution in [-0.4, -0.2) is 54.2 Å². The minimum absolute atomic E-state index is 0.228. The smallest absolute Gasteiger partial charge is 0.416 e. The first-order chi connectivity index (χ1) is 20.3. The number of aliphatic hydroxyl groups excluding tert-OH is 1. The first kappa shape index (κ1) is 30.5. The number of thiazole rings is 1. The van der Waals surface area contributed by atoms with Crippen molar-refractivity contribution in [3.05, 3.63) is 69.2 Å². The fourth-order valence-electron chi connectivity index (χ4n) is 6.15. The molecule has 5 rings (SSSR count). The van der Waals surface area contributed by atoms with E-state index in [4.69, 9.17) is 4.74 Å². The number of piperidine rings is 1. The monoisotopic (exact) mass is 601 g/mol. The van der Waals surface area contributed by atoms with Crippen LogP contribution in [0, 0.1) is 0 Å². The summed E-state index contributed by atoms with van der Waals surface area (Å²) in [6, 6.07) is 9.25. The van der Waals surface area contributed by atoms with Gasteiger partial charge in [0.2, 0.25) is 0 Å². The molecule has 6 nitrogen and oxygen atoms in total. The van der Waals surface area contributed by atoms with Gasteiger partial charge < -0.3 is 20.1 Å². The number of likely N-dealkylation sites (tertiary alicyclic amines) is 1. The molecular formula is C32H38F3N3O3S. The predicted molar refractivity (Wildman–Crippen MR) is 158 cm³/mol. The minimum Gasteiger partial charge on any atom is -0.496 e. The number of fused-ring (bicyclic) bond motifs is 1. The topological polar surface area (TPSA) is 74.7 Å². The number of hydrogen-bond donors (Lipinski definition) is 2. The lowest BCUT2D eigenvalue weighted by atomic mass is 9.83. The molecule has 1 aromatic heterocycles. The van der Waals surface area contributed by atoms with Crippen LogP contribution >= 0.6 is 11.3 Å². The highest BCUT2D eigenvalue weighted by Gasteiger charge is 2.30. The highest BCUT2D eigenvalue weighted by Crippen LogP contribution is 2.40. The lowest BCUT2D eigenvalue weighted by Gasteiger charge is -2.33. The van der Waals surface area contributed by atoms with Gasteiger partial charge in [0.05, 0.1) is 25.0 Å². The zero-order valence-corrected chi connectivity index (χ0v) is 24.8. The molecule has 1 aliphatic heterocycles. The van der Waals surface area contributed by atoms with Crippen molar-refractivity contribution in [1.82, 2.24) is 15.2 Å². The zero-order chi connectivity index (χ0) is 29.7. The molecule has 0 radical (unpaired) electrons. The summed E-state index contributed by atoms with van der Waals surface area (Å²) in [7, 11) is 1.80. The predicted octanol–water partition coefficient (Wildman–Crippen LogP) is 6.60. The van der Waals surface area contributed by atoms with E-state index in [2.05, 4.69) is 27.3 Å². The number of alkyl halides is 3. The normalized spacial score (nSPS) is 16.3. The fourth-order valence-corrected chi connectivity index (χ4v) is 7.14. The van der Waals surface area contributed by atoms with E-state index in [1.54, 1.807) is 7.11 Å². The summed E-state index contributed by atoms with van der Waals surface area (Å²) in [6.45, 7) is 3.15. The first-order valence-electron chi connectivity index (χ1n) is 14.8. The quantitative estimate of drug-likeness (QED) is 0.256. The van der Waals surface area contributed by atoms with Crippen molar-refractivity contribution in [3.63, 3.8) is 0 Å². The van der Waals surface area contributed by atoms with E-state index in [1.165, 1.54) is 41.7 Å². The van der Waals surface area contributed by atoms with Crippen LogP contribution in [0.3, 0.4) is 0 Å². The van der Waals surface area contributed by atoms with Gasteiger partial charge in [-0.05, 0) is 106 Å². The largest absolute Gasteiger partial charge is 0.496 e. The molecule has 1 saturated heterocycles. The Balaban J connectivity index is 1.07. The number of amides is 1. The molecule has 2 aliphatic rings. The third-order valence-electron chi connectivity index (χ3n) is 8.44. The van der Waals surface area contributed by atoms with Gasteiger partial charge in [-0.1, -0.05) is 24.3 Å². The van der Waals surface area contributed by atoms with Crippen LogP contribution in [0.2, 0.25) is 0 Å². The molecular weight excluding hydrogens is 563 g/mol. The molecule has 0 atom stereocenters. The van der Waals surface area contributed by atoms with Gasteiger partial charge in [0, 0.05) is 12.1 Å². The number of carbonyl (C=O) groups is 1. The van der Waals surface area contributed by atoms with E-state index in [1.807, 2.05) is 0 Å². The van der Waals surface area contributed by atoms with Gasteiger partial charge in [0.15, 0.2) is 0 Å². The maximum absolute atomic E-state index is 12.9. The number of aliphatic hydroxyl groups is 1. The van der Waals surface area contributed by atoms with Gasteiger partial charge in [-0.3, -0.25) is 4.79 Å². The van der Waals surface area contributed by atoms with E-state index in [-0.39, 0.29) is 16.5 Å². The number of aryl methyl sites for hydroxylation is 1. The number of rotatable bonds is 10. The summed E-state index contributed by atoms with van der Waals surface area (Å²) in [5.74, 6) is 1.32. The maximum atomic E-state index is 12.9. The van der Waals surface area contributed by atoms with Crippen molar-refractivity contribution >= 4 is 17.2 Å². The number of ether oxygens (including phenoxy) is 1. The molecule has 0 saturated carbocycles. The SMILES string of the molecule is COc1c(C2CCN(CCCCNC(=O)c3sc(-c4ccc(C(F)(F)F)cc4)nc3CO)CC2)ccc2c1CCCC2. The Morgan fingerprint density at radius 1 is 1.10 bits per heavy atom. The van der Waals surface area contributed by atoms with Crippen LogP contribution in [-0.2, 0) is 25.6 Å². The summed E-state index contributed by atoms with van der Waals surface area (Å²) in [6.07, 6.45) is 4.36. The standard InChI is InChI=1S/C32H38F3N3O3S/c1-41-28-25-7-3-2-6-21(25)10-13-26(28)22-14-18-38(19-15-22)17-5-4-16-36-30(40)29-27(20-39)37-31(42-29)23-8-11-24(12-9-23)32(33,34)35/h8-13,22,39H,2-7,14-20H2,1H3,(H,36,40). The third-order valence-corrected chi connectivity index (χ3v) is 9.59. The second kappa shape index (κ2) is 13.6. The number of unbranched alkanes of at least 4 members (excludes halogenated alkanes) is 1. The number of hydrogen-bond acceptors (Lipinski definition) is 6.